The van der Waals surface area contributed by atoms with Crippen LogP contribution in [0.3, 0.4) is 0 Å². The predicted octanol–water partition coefficient (Wildman–Crippen LogP) is 2.16. The molecular weight excluding hydrogens is 344 g/mol. The maximum atomic E-state index is 12.6. The highest BCUT2D eigenvalue weighted by atomic mass is 16.5. The van der Waals surface area contributed by atoms with Gasteiger partial charge in [-0.3, -0.25) is 9.78 Å². The van der Waals surface area contributed by atoms with E-state index in [2.05, 4.69) is 9.97 Å². The molecule has 0 saturated carbocycles. The highest BCUT2D eigenvalue weighted by Crippen LogP contribution is 2.19. The van der Waals surface area contributed by atoms with Crippen LogP contribution in [0.2, 0.25) is 0 Å². The molecule has 0 spiro atoms. The molecule has 0 aliphatic carbocycles. The summed E-state index contributed by atoms with van der Waals surface area (Å²) in [6, 6.07) is 7.68. The smallest absolute Gasteiger partial charge is 0.234 e. The van der Waals surface area contributed by atoms with Crippen molar-refractivity contribution < 1.29 is 14.3 Å². The first-order chi connectivity index (χ1) is 13.0. The Balaban J connectivity index is 1.52. The van der Waals surface area contributed by atoms with Crippen molar-refractivity contribution in [2.75, 3.05) is 38.7 Å². The summed E-state index contributed by atoms with van der Waals surface area (Å²) in [7, 11) is 3.81. The van der Waals surface area contributed by atoms with Gasteiger partial charge in [-0.15, -0.1) is 0 Å². The van der Waals surface area contributed by atoms with Gasteiger partial charge in [-0.25, -0.2) is 0 Å². The van der Waals surface area contributed by atoms with Gasteiger partial charge >= 0.3 is 0 Å². The number of rotatable bonds is 7. The summed E-state index contributed by atoms with van der Waals surface area (Å²) in [6.07, 6.45) is 4.42. The van der Waals surface area contributed by atoms with Crippen molar-refractivity contribution in [3.63, 3.8) is 0 Å². The average molecular weight is 370 g/mol. The van der Waals surface area contributed by atoms with E-state index in [1.54, 1.807) is 12.4 Å². The molecule has 1 fully saturated rings. The van der Waals surface area contributed by atoms with Gasteiger partial charge in [0.1, 0.15) is 11.9 Å². The second-order valence-electron chi connectivity index (χ2n) is 6.73. The minimum Gasteiger partial charge on any atom is -0.494 e. The number of nitrogens with zero attached hydrogens (tertiary/aromatic N) is 4. The Hall–Kier alpha value is -2.83. The lowest BCUT2D eigenvalue weighted by atomic mass is 10.1. The van der Waals surface area contributed by atoms with Crippen LogP contribution in [-0.2, 0) is 11.2 Å². The number of carbonyl (C=O) groups excluding carboxylic acids is 1. The predicted molar refractivity (Wildman–Crippen MR) is 103 cm³/mol. The Bertz CT molecular complexity index is 764. The number of amides is 1. The molecule has 27 heavy (non-hydrogen) atoms. The van der Waals surface area contributed by atoms with E-state index in [1.165, 1.54) is 0 Å². The van der Waals surface area contributed by atoms with Crippen LogP contribution in [0.1, 0.15) is 18.9 Å². The van der Waals surface area contributed by atoms with Crippen LogP contribution in [-0.4, -0.2) is 60.7 Å². The number of benzene rings is 1. The third-order valence-electron chi connectivity index (χ3n) is 4.43. The SMILES string of the molecule is CCOc1ccc(CC(=O)N2CCC(Oc3cncc(N(C)C)n3)C2)cc1. The van der Waals surface area contributed by atoms with Gasteiger partial charge in [-0.05, 0) is 24.6 Å². The van der Waals surface area contributed by atoms with Gasteiger partial charge in [-0.1, -0.05) is 12.1 Å². The topological polar surface area (TPSA) is 67.8 Å². The fraction of sp³-hybridized carbons (Fsp3) is 0.450. The zero-order chi connectivity index (χ0) is 19.2. The van der Waals surface area contributed by atoms with Gasteiger partial charge in [-0.2, -0.15) is 4.98 Å². The van der Waals surface area contributed by atoms with E-state index in [9.17, 15) is 4.79 Å². The average Bonchev–Trinajstić information content (AvgIpc) is 3.12. The van der Waals surface area contributed by atoms with Gasteiger partial charge in [0.2, 0.25) is 11.8 Å². The minimum absolute atomic E-state index is 0.0546. The van der Waals surface area contributed by atoms with Crippen molar-refractivity contribution in [1.29, 1.82) is 0 Å². The molecule has 1 aromatic carbocycles. The highest BCUT2D eigenvalue weighted by molar-refractivity contribution is 5.79. The van der Waals surface area contributed by atoms with E-state index < -0.39 is 0 Å². The first-order valence-electron chi connectivity index (χ1n) is 9.20. The van der Waals surface area contributed by atoms with E-state index >= 15 is 0 Å². The molecule has 2 heterocycles. The maximum Gasteiger partial charge on any atom is 0.234 e. The van der Waals surface area contributed by atoms with Crippen LogP contribution in [0.4, 0.5) is 5.82 Å². The van der Waals surface area contributed by atoms with Gasteiger partial charge in [0, 0.05) is 27.1 Å². The van der Waals surface area contributed by atoms with Crippen LogP contribution >= 0.6 is 0 Å². The summed E-state index contributed by atoms with van der Waals surface area (Å²) in [6.45, 7) is 3.85. The molecule has 0 bridgehead atoms. The van der Waals surface area contributed by atoms with Crippen molar-refractivity contribution >= 4 is 11.7 Å². The van der Waals surface area contributed by atoms with Crippen molar-refractivity contribution in [2.45, 2.75) is 25.9 Å². The minimum atomic E-state index is -0.0546. The van der Waals surface area contributed by atoms with Gasteiger partial charge in [0.05, 0.1) is 32.0 Å². The fourth-order valence-electron chi connectivity index (χ4n) is 2.99. The second kappa shape index (κ2) is 8.70. The number of likely N-dealkylation sites (tertiary alicyclic amines) is 1. The second-order valence-corrected chi connectivity index (χ2v) is 6.73. The van der Waals surface area contributed by atoms with Gasteiger partial charge in [0.25, 0.3) is 0 Å². The summed E-state index contributed by atoms with van der Waals surface area (Å²) in [5.41, 5.74) is 0.984. The molecule has 2 aromatic rings. The largest absolute Gasteiger partial charge is 0.494 e. The van der Waals surface area contributed by atoms with E-state index in [0.29, 0.717) is 32.0 Å². The molecule has 0 N–H and O–H groups in total. The number of hydrogen-bond acceptors (Lipinski definition) is 6. The van der Waals surface area contributed by atoms with Crippen LogP contribution in [0.15, 0.2) is 36.7 Å². The Morgan fingerprint density at radius 2 is 2.04 bits per heavy atom. The summed E-state index contributed by atoms with van der Waals surface area (Å²) >= 11 is 0. The van der Waals surface area contributed by atoms with Crippen molar-refractivity contribution in [2.24, 2.45) is 0 Å². The lowest BCUT2D eigenvalue weighted by molar-refractivity contribution is -0.129. The Morgan fingerprint density at radius 3 is 2.74 bits per heavy atom. The molecule has 144 valence electrons. The first kappa shape index (κ1) is 18.9. The Kier molecular flexibility index (Phi) is 6.11. The summed E-state index contributed by atoms with van der Waals surface area (Å²) in [5, 5.41) is 0. The molecule has 1 aliphatic heterocycles. The molecule has 3 rings (SSSR count). The van der Waals surface area contributed by atoms with E-state index in [4.69, 9.17) is 9.47 Å². The quantitative estimate of drug-likeness (QED) is 0.744. The van der Waals surface area contributed by atoms with Crippen molar-refractivity contribution in [1.82, 2.24) is 14.9 Å². The van der Waals surface area contributed by atoms with Crippen LogP contribution < -0.4 is 14.4 Å². The maximum absolute atomic E-state index is 12.6. The number of aromatic nitrogens is 2. The van der Waals surface area contributed by atoms with E-state index in [-0.39, 0.29) is 12.0 Å². The van der Waals surface area contributed by atoms with Gasteiger partial charge in [0.15, 0.2) is 5.82 Å². The molecule has 0 radical (unpaired) electrons. The normalized spacial score (nSPS) is 16.3. The fourth-order valence-corrected chi connectivity index (χ4v) is 2.99. The monoisotopic (exact) mass is 370 g/mol. The van der Waals surface area contributed by atoms with Crippen LogP contribution in [0.25, 0.3) is 0 Å². The Labute approximate surface area is 159 Å². The summed E-state index contributed by atoms with van der Waals surface area (Å²) in [4.78, 5) is 24.9. The van der Waals surface area contributed by atoms with Crippen molar-refractivity contribution in [3.8, 4) is 11.6 Å². The molecular formula is C20H26N4O3. The lowest BCUT2D eigenvalue weighted by Gasteiger charge is -2.18. The lowest BCUT2D eigenvalue weighted by Crippen LogP contribution is -2.32. The Morgan fingerprint density at radius 1 is 1.26 bits per heavy atom. The summed E-state index contributed by atoms with van der Waals surface area (Å²) in [5.74, 6) is 2.17. The molecule has 1 atom stereocenters. The summed E-state index contributed by atoms with van der Waals surface area (Å²) < 4.78 is 11.4. The number of anilines is 1. The molecule has 1 saturated heterocycles. The standard InChI is InChI=1S/C20H26N4O3/c1-4-26-16-7-5-15(6-8-16)11-20(25)24-10-9-17(14-24)27-19-13-21-12-18(22-19)23(2)3/h5-8,12-13,17H,4,9-11,14H2,1-3H3. The van der Waals surface area contributed by atoms with E-state index in [0.717, 1.165) is 23.6 Å². The molecule has 1 aliphatic rings. The zero-order valence-corrected chi connectivity index (χ0v) is 16.1. The molecule has 1 unspecified atom stereocenters. The number of hydrogen-bond donors (Lipinski definition) is 0. The third-order valence-corrected chi connectivity index (χ3v) is 4.43. The van der Waals surface area contributed by atoms with Crippen molar-refractivity contribution in [3.05, 3.63) is 42.2 Å². The van der Waals surface area contributed by atoms with Crippen LogP contribution in [0, 0.1) is 0 Å². The number of carbonyl (C=O) groups is 1. The molecule has 7 heteroatoms. The highest BCUT2D eigenvalue weighted by Gasteiger charge is 2.28. The van der Waals surface area contributed by atoms with E-state index in [1.807, 2.05) is 55.1 Å². The number of ether oxygens (including phenoxy) is 2. The van der Waals surface area contributed by atoms with Gasteiger partial charge < -0.3 is 19.3 Å². The molecule has 1 aromatic heterocycles. The molecule has 7 nitrogen and oxygen atoms in total. The zero-order valence-electron chi connectivity index (χ0n) is 16.1. The first-order valence-corrected chi connectivity index (χ1v) is 9.20. The third kappa shape index (κ3) is 5.09. The molecule has 1 amide bonds. The van der Waals surface area contributed by atoms with Crippen LogP contribution in [0.5, 0.6) is 11.6 Å².